The third-order valence-corrected chi connectivity index (χ3v) is 7.83. The topological polar surface area (TPSA) is 63.6 Å². The van der Waals surface area contributed by atoms with Gasteiger partial charge in [0.2, 0.25) is 0 Å². The van der Waals surface area contributed by atoms with Gasteiger partial charge in [-0.3, -0.25) is 9.59 Å². The third-order valence-electron chi connectivity index (χ3n) is 7.83. The molecule has 0 bridgehead atoms. The number of hydrogen-bond acceptors (Lipinski definition) is 3. The summed E-state index contributed by atoms with van der Waals surface area (Å²) in [4.78, 5) is 23.1. The van der Waals surface area contributed by atoms with Crippen LogP contribution in [0.3, 0.4) is 0 Å². The monoisotopic (exact) mass is 538 g/mol. The fourth-order valence-electron chi connectivity index (χ4n) is 5.30. The quantitative estimate of drug-likeness (QED) is 0.0704. The van der Waals surface area contributed by atoms with Gasteiger partial charge < -0.3 is 9.84 Å². The van der Waals surface area contributed by atoms with Crippen LogP contribution < -0.4 is 0 Å². The van der Waals surface area contributed by atoms with Crippen molar-refractivity contribution in [2.45, 2.75) is 206 Å². The van der Waals surface area contributed by atoms with Crippen LogP contribution in [0.4, 0.5) is 0 Å². The summed E-state index contributed by atoms with van der Waals surface area (Å²) in [5.74, 6) is -0.680. The highest BCUT2D eigenvalue weighted by Crippen LogP contribution is 2.19. The second-order valence-electron chi connectivity index (χ2n) is 11.7. The molecular weight excluding hydrogens is 472 g/mol. The van der Waals surface area contributed by atoms with Crippen molar-refractivity contribution in [2.75, 3.05) is 0 Å². The predicted octanol–water partition coefficient (Wildman–Crippen LogP) is 11.3. The first kappa shape index (κ1) is 36.9. The summed E-state index contributed by atoms with van der Waals surface area (Å²) in [5.41, 5.74) is 0. The van der Waals surface area contributed by atoms with Gasteiger partial charge in [-0.1, -0.05) is 149 Å². The van der Waals surface area contributed by atoms with E-state index >= 15 is 0 Å². The van der Waals surface area contributed by atoms with Gasteiger partial charge in [0.05, 0.1) is 0 Å². The first-order valence-electron chi connectivity index (χ1n) is 17.0. The van der Waals surface area contributed by atoms with Gasteiger partial charge in [0, 0.05) is 12.8 Å². The Labute approximate surface area is 237 Å². The van der Waals surface area contributed by atoms with Crippen LogP contribution in [0.2, 0.25) is 0 Å². The number of carbonyl (C=O) groups excluding carboxylic acids is 1. The fourth-order valence-corrected chi connectivity index (χ4v) is 5.30. The zero-order valence-electron chi connectivity index (χ0n) is 25.8. The minimum atomic E-state index is -0.692. The number of aliphatic carboxylic acids is 1. The molecule has 0 unspecified atom stereocenters. The zero-order valence-corrected chi connectivity index (χ0v) is 25.8. The van der Waals surface area contributed by atoms with E-state index in [2.05, 4.69) is 13.8 Å². The Morgan fingerprint density at radius 1 is 0.474 bits per heavy atom. The number of rotatable bonds is 31. The Hall–Kier alpha value is -1.06. The maximum atomic E-state index is 12.5. The van der Waals surface area contributed by atoms with Gasteiger partial charge in [-0.25, -0.2) is 0 Å². The molecule has 0 fully saturated rings. The first-order chi connectivity index (χ1) is 18.6. The highest BCUT2D eigenvalue weighted by atomic mass is 16.5. The van der Waals surface area contributed by atoms with E-state index in [-0.39, 0.29) is 18.5 Å². The van der Waals surface area contributed by atoms with Crippen molar-refractivity contribution < 1.29 is 19.4 Å². The number of esters is 1. The Bertz CT molecular complexity index is 505. The Morgan fingerprint density at radius 2 is 0.789 bits per heavy atom. The first-order valence-corrected chi connectivity index (χ1v) is 17.0. The van der Waals surface area contributed by atoms with Crippen molar-refractivity contribution in [2.24, 2.45) is 0 Å². The molecule has 1 atom stereocenters. The average molecular weight is 539 g/mol. The van der Waals surface area contributed by atoms with E-state index in [0.717, 1.165) is 70.6 Å². The van der Waals surface area contributed by atoms with E-state index in [9.17, 15) is 9.59 Å². The van der Waals surface area contributed by atoms with Crippen molar-refractivity contribution >= 4 is 11.9 Å². The van der Waals surface area contributed by atoms with Crippen LogP contribution in [-0.2, 0) is 14.3 Å². The number of hydrogen-bond donors (Lipinski definition) is 1. The van der Waals surface area contributed by atoms with Crippen LogP contribution in [0.1, 0.15) is 200 Å². The van der Waals surface area contributed by atoms with Crippen LogP contribution in [-0.4, -0.2) is 23.1 Å². The summed E-state index contributed by atoms with van der Waals surface area (Å²) in [7, 11) is 0. The van der Waals surface area contributed by atoms with E-state index in [1.54, 1.807) is 0 Å². The molecule has 0 spiro atoms. The van der Waals surface area contributed by atoms with E-state index in [0.29, 0.717) is 6.42 Å². The van der Waals surface area contributed by atoms with Gasteiger partial charge >= 0.3 is 11.9 Å². The lowest BCUT2D eigenvalue weighted by Crippen LogP contribution is -2.18. The molecule has 0 aromatic carbocycles. The van der Waals surface area contributed by atoms with E-state index in [1.807, 2.05) is 0 Å². The minimum absolute atomic E-state index is 0.0118. The molecule has 0 amide bonds. The van der Waals surface area contributed by atoms with E-state index in [1.165, 1.54) is 103 Å². The minimum Gasteiger partial charge on any atom is -0.481 e. The molecule has 0 aliphatic carbocycles. The molecule has 0 aliphatic heterocycles. The smallest absolute Gasteiger partial charge is 0.306 e. The Balaban J connectivity index is 3.92. The van der Waals surface area contributed by atoms with Crippen molar-refractivity contribution in [3.8, 4) is 0 Å². The summed E-state index contributed by atoms with van der Waals surface area (Å²) in [5, 5.41) is 8.73. The molecule has 226 valence electrons. The SMILES string of the molecule is CCCCCCCCCCCCCCCC(=O)O[C@H](CCCCCCCC)CCCCCCCCC(=O)O. The maximum Gasteiger partial charge on any atom is 0.306 e. The zero-order chi connectivity index (χ0) is 27.9. The highest BCUT2D eigenvalue weighted by Gasteiger charge is 2.14. The molecule has 4 nitrogen and oxygen atoms in total. The van der Waals surface area contributed by atoms with Crippen LogP contribution in [0.15, 0.2) is 0 Å². The predicted molar refractivity (Wildman–Crippen MR) is 163 cm³/mol. The van der Waals surface area contributed by atoms with Crippen LogP contribution >= 0.6 is 0 Å². The summed E-state index contributed by atoms with van der Waals surface area (Å²) < 4.78 is 5.95. The molecule has 4 heteroatoms. The average Bonchev–Trinajstić information content (AvgIpc) is 2.89. The lowest BCUT2D eigenvalue weighted by Gasteiger charge is -2.18. The molecule has 0 rings (SSSR count). The van der Waals surface area contributed by atoms with Crippen molar-refractivity contribution in [1.82, 2.24) is 0 Å². The van der Waals surface area contributed by atoms with Gasteiger partial charge in [-0.2, -0.15) is 0 Å². The molecule has 0 saturated heterocycles. The molecule has 0 radical (unpaired) electrons. The Morgan fingerprint density at radius 3 is 1.16 bits per heavy atom. The Kier molecular flexibility index (Phi) is 29.6. The van der Waals surface area contributed by atoms with Gasteiger partial charge in [0.1, 0.15) is 6.10 Å². The van der Waals surface area contributed by atoms with Crippen molar-refractivity contribution in [1.29, 1.82) is 0 Å². The molecule has 0 aliphatic rings. The van der Waals surface area contributed by atoms with Crippen molar-refractivity contribution in [3.05, 3.63) is 0 Å². The normalized spacial score (nSPS) is 12.1. The summed E-state index contributed by atoms with van der Waals surface area (Å²) in [6, 6.07) is 0. The molecule has 0 aromatic heterocycles. The van der Waals surface area contributed by atoms with Crippen LogP contribution in [0.25, 0.3) is 0 Å². The van der Waals surface area contributed by atoms with E-state index < -0.39 is 5.97 Å². The lowest BCUT2D eigenvalue weighted by atomic mass is 10.0. The van der Waals surface area contributed by atoms with E-state index in [4.69, 9.17) is 9.84 Å². The van der Waals surface area contributed by atoms with Crippen LogP contribution in [0.5, 0.6) is 0 Å². The maximum absolute atomic E-state index is 12.5. The second kappa shape index (κ2) is 30.5. The highest BCUT2D eigenvalue weighted by molar-refractivity contribution is 5.69. The largest absolute Gasteiger partial charge is 0.481 e. The molecule has 38 heavy (non-hydrogen) atoms. The second-order valence-corrected chi connectivity index (χ2v) is 11.7. The van der Waals surface area contributed by atoms with Gasteiger partial charge in [-0.15, -0.1) is 0 Å². The summed E-state index contributed by atoms with van der Waals surface area (Å²) in [6.45, 7) is 4.52. The van der Waals surface area contributed by atoms with Gasteiger partial charge in [-0.05, 0) is 38.5 Å². The lowest BCUT2D eigenvalue weighted by molar-refractivity contribution is -0.150. The number of carboxylic acids is 1. The molecule has 0 saturated carbocycles. The molecule has 1 N–H and O–H groups in total. The molecule has 0 heterocycles. The molecule has 0 aromatic rings. The summed E-state index contributed by atoms with van der Waals surface area (Å²) in [6.07, 6.45) is 34.0. The number of carbonyl (C=O) groups is 2. The van der Waals surface area contributed by atoms with Crippen molar-refractivity contribution in [3.63, 3.8) is 0 Å². The number of ether oxygens (including phenoxy) is 1. The number of unbranched alkanes of at least 4 members (excludes halogenated alkanes) is 22. The molecular formula is C34H66O4. The number of carboxylic acid groups (broad SMARTS) is 1. The van der Waals surface area contributed by atoms with Gasteiger partial charge in [0.15, 0.2) is 0 Å². The standard InChI is InChI=1S/C34H66O4/c1-3-5-7-9-11-12-13-14-15-16-17-23-27-31-34(37)38-32(28-24-20-10-8-6-4-2)29-25-21-18-19-22-26-30-33(35)36/h32H,3-31H2,1-2H3,(H,35,36)/t32-/m1/s1. The third kappa shape index (κ3) is 29.5. The summed E-state index contributed by atoms with van der Waals surface area (Å²) >= 11 is 0. The van der Waals surface area contributed by atoms with Crippen LogP contribution in [0, 0.1) is 0 Å². The van der Waals surface area contributed by atoms with Gasteiger partial charge in [0.25, 0.3) is 0 Å². The fraction of sp³-hybridized carbons (Fsp3) is 0.941.